The molecule has 1 fully saturated rings. The van der Waals surface area contributed by atoms with Crippen molar-refractivity contribution in [1.29, 1.82) is 0 Å². The number of nitrogens with zero attached hydrogens (tertiary/aromatic N) is 2. The second-order valence-corrected chi connectivity index (χ2v) is 4.39. The summed E-state index contributed by atoms with van der Waals surface area (Å²) in [5.41, 5.74) is 8.52. The molecule has 16 heavy (non-hydrogen) atoms. The van der Waals surface area contributed by atoms with Crippen LogP contribution in [0.2, 0.25) is 0 Å². The molecule has 0 radical (unpaired) electrons. The van der Waals surface area contributed by atoms with Gasteiger partial charge in [-0.25, -0.2) is 0 Å². The predicted molar refractivity (Wildman–Crippen MR) is 70.0 cm³/mol. The maximum atomic E-state index is 6.15. The highest BCUT2D eigenvalue weighted by Crippen LogP contribution is 2.16. The average Bonchev–Trinajstić information content (AvgIpc) is 2.30. The molecule has 0 aromatic rings. The summed E-state index contributed by atoms with van der Waals surface area (Å²) in [6.07, 6.45) is 6.10. The molecule has 0 bridgehead atoms. The molecule has 0 aromatic carbocycles. The highest BCUT2D eigenvalue weighted by atomic mass is 15.3. The van der Waals surface area contributed by atoms with Gasteiger partial charge in [-0.15, -0.1) is 0 Å². The van der Waals surface area contributed by atoms with Crippen LogP contribution < -0.4 is 5.73 Å². The zero-order valence-corrected chi connectivity index (χ0v) is 10.9. The van der Waals surface area contributed by atoms with Crippen molar-refractivity contribution in [3.63, 3.8) is 0 Å². The van der Waals surface area contributed by atoms with Gasteiger partial charge in [-0.2, -0.15) is 0 Å². The van der Waals surface area contributed by atoms with Crippen LogP contribution in [0.5, 0.6) is 0 Å². The van der Waals surface area contributed by atoms with Crippen LogP contribution in [-0.2, 0) is 0 Å². The molecule has 1 heterocycles. The first-order valence-corrected chi connectivity index (χ1v) is 6.21. The molecule has 1 rings (SSSR count). The standard InChI is InChI=1S/C13H25N3/c1-4-6-7-12(14)13(5-2)16-10-8-15(3)9-11-16/h4,6H,5,7-11,14H2,1-3H3/b6-4-,13-12-. The molecule has 2 N–H and O–H groups in total. The average molecular weight is 223 g/mol. The van der Waals surface area contributed by atoms with Gasteiger partial charge < -0.3 is 15.5 Å². The number of rotatable bonds is 4. The van der Waals surface area contributed by atoms with Crippen molar-refractivity contribution in [2.75, 3.05) is 33.2 Å². The molecule has 1 aliphatic heterocycles. The summed E-state index contributed by atoms with van der Waals surface area (Å²) in [6, 6.07) is 0. The Hall–Kier alpha value is -0.960. The largest absolute Gasteiger partial charge is 0.400 e. The second kappa shape index (κ2) is 6.59. The van der Waals surface area contributed by atoms with Crippen molar-refractivity contribution in [3.05, 3.63) is 23.5 Å². The summed E-state index contributed by atoms with van der Waals surface area (Å²) in [6.45, 7) is 8.72. The third kappa shape index (κ3) is 3.56. The van der Waals surface area contributed by atoms with Crippen molar-refractivity contribution in [1.82, 2.24) is 9.80 Å². The third-order valence-corrected chi connectivity index (χ3v) is 3.16. The maximum absolute atomic E-state index is 6.15. The van der Waals surface area contributed by atoms with Gasteiger partial charge in [0.15, 0.2) is 0 Å². The Morgan fingerprint density at radius 2 is 1.88 bits per heavy atom. The van der Waals surface area contributed by atoms with E-state index >= 15 is 0 Å². The van der Waals surface area contributed by atoms with Crippen molar-refractivity contribution >= 4 is 0 Å². The van der Waals surface area contributed by atoms with Crippen LogP contribution in [0.4, 0.5) is 0 Å². The second-order valence-electron chi connectivity index (χ2n) is 4.39. The molecular weight excluding hydrogens is 198 g/mol. The molecule has 1 aliphatic rings. The Morgan fingerprint density at radius 1 is 1.25 bits per heavy atom. The molecule has 92 valence electrons. The molecular formula is C13H25N3. The lowest BCUT2D eigenvalue weighted by molar-refractivity contribution is 0.181. The van der Waals surface area contributed by atoms with Crippen molar-refractivity contribution < 1.29 is 0 Å². The van der Waals surface area contributed by atoms with E-state index in [0.717, 1.165) is 44.7 Å². The van der Waals surface area contributed by atoms with Gasteiger partial charge in [0.05, 0.1) is 0 Å². The first-order chi connectivity index (χ1) is 7.69. The van der Waals surface area contributed by atoms with E-state index in [9.17, 15) is 0 Å². The first-order valence-electron chi connectivity index (χ1n) is 6.21. The molecule has 3 heteroatoms. The molecule has 0 saturated carbocycles. The Kier molecular flexibility index (Phi) is 5.39. The molecule has 0 aromatic heterocycles. The minimum atomic E-state index is 0.881. The van der Waals surface area contributed by atoms with Gasteiger partial charge in [-0.3, -0.25) is 0 Å². The third-order valence-electron chi connectivity index (χ3n) is 3.16. The molecule has 0 amide bonds. The Bertz CT molecular complexity index is 260. The van der Waals surface area contributed by atoms with E-state index in [0.29, 0.717) is 0 Å². The Labute approximate surface area is 99.6 Å². The van der Waals surface area contributed by atoms with Gasteiger partial charge in [0.2, 0.25) is 0 Å². The lowest BCUT2D eigenvalue weighted by atomic mass is 10.1. The maximum Gasteiger partial charge on any atom is 0.0324 e. The zero-order chi connectivity index (χ0) is 12.0. The van der Waals surface area contributed by atoms with Gasteiger partial charge in [-0.05, 0) is 20.4 Å². The number of likely N-dealkylation sites (N-methyl/N-ethyl adjacent to an activating group) is 1. The molecule has 3 nitrogen and oxygen atoms in total. The van der Waals surface area contributed by atoms with E-state index in [4.69, 9.17) is 5.73 Å². The Balaban J connectivity index is 2.65. The van der Waals surface area contributed by atoms with Crippen molar-refractivity contribution in [2.45, 2.75) is 26.7 Å². The van der Waals surface area contributed by atoms with Gasteiger partial charge in [0.1, 0.15) is 0 Å². The summed E-state index contributed by atoms with van der Waals surface area (Å²) >= 11 is 0. The minimum absolute atomic E-state index is 0.881. The van der Waals surface area contributed by atoms with Gasteiger partial charge in [-0.1, -0.05) is 19.1 Å². The lowest BCUT2D eigenvalue weighted by Gasteiger charge is -2.36. The van der Waals surface area contributed by atoms with Crippen LogP contribution >= 0.6 is 0 Å². The number of hydrogen-bond acceptors (Lipinski definition) is 3. The molecule has 0 spiro atoms. The molecule has 0 atom stereocenters. The van der Waals surface area contributed by atoms with Crippen LogP contribution in [0.25, 0.3) is 0 Å². The topological polar surface area (TPSA) is 32.5 Å². The van der Waals surface area contributed by atoms with Crippen molar-refractivity contribution in [2.24, 2.45) is 5.73 Å². The van der Waals surface area contributed by atoms with E-state index in [2.05, 4.69) is 35.9 Å². The van der Waals surface area contributed by atoms with Crippen LogP contribution in [0, 0.1) is 0 Å². The van der Waals surface area contributed by atoms with Crippen LogP contribution in [-0.4, -0.2) is 43.0 Å². The summed E-state index contributed by atoms with van der Waals surface area (Å²) in [5.74, 6) is 0. The lowest BCUT2D eigenvalue weighted by Crippen LogP contribution is -2.44. The number of allylic oxidation sites excluding steroid dienone is 3. The monoisotopic (exact) mass is 223 g/mol. The zero-order valence-electron chi connectivity index (χ0n) is 10.9. The van der Waals surface area contributed by atoms with Crippen LogP contribution in [0.15, 0.2) is 23.5 Å². The van der Waals surface area contributed by atoms with E-state index in [1.807, 2.05) is 6.92 Å². The fourth-order valence-corrected chi connectivity index (χ4v) is 2.09. The number of piperazine rings is 1. The minimum Gasteiger partial charge on any atom is -0.400 e. The summed E-state index contributed by atoms with van der Waals surface area (Å²) in [5, 5.41) is 0. The van der Waals surface area contributed by atoms with E-state index in [1.54, 1.807) is 0 Å². The van der Waals surface area contributed by atoms with Gasteiger partial charge >= 0.3 is 0 Å². The quantitative estimate of drug-likeness (QED) is 0.737. The highest BCUT2D eigenvalue weighted by Gasteiger charge is 2.16. The molecule has 1 saturated heterocycles. The smallest absolute Gasteiger partial charge is 0.0324 e. The van der Waals surface area contributed by atoms with Gasteiger partial charge in [0.25, 0.3) is 0 Å². The summed E-state index contributed by atoms with van der Waals surface area (Å²) < 4.78 is 0. The van der Waals surface area contributed by atoms with Crippen LogP contribution in [0.3, 0.4) is 0 Å². The van der Waals surface area contributed by atoms with Crippen LogP contribution in [0.1, 0.15) is 26.7 Å². The fraction of sp³-hybridized carbons (Fsp3) is 0.692. The number of hydrogen-bond donors (Lipinski definition) is 1. The summed E-state index contributed by atoms with van der Waals surface area (Å²) in [7, 11) is 2.18. The molecule has 0 aliphatic carbocycles. The highest BCUT2D eigenvalue weighted by molar-refractivity contribution is 5.13. The van der Waals surface area contributed by atoms with Crippen molar-refractivity contribution in [3.8, 4) is 0 Å². The first kappa shape index (κ1) is 13.1. The Morgan fingerprint density at radius 3 is 2.38 bits per heavy atom. The van der Waals surface area contributed by atoms with E-state index < -0.39 is 0 Å². The molecule has 0 unspecified atom stereocenters. The fourth-order valence-electron chi connectivity index (χ4n) is 2.09. The SMILES string of the molecule is C/C=C\C/C(N)=C(\CC)N1CCN(C)CC1. The normalized spacial score (nSPS) is 20.3. The van der Waals surface area contributed by atoms with E-state index in [-0.39, 0.29) is 0 Å². The predicted octanol–water partition coefficient (Wildman–Crippen LogP) is 1.78. The summed E-state index contributed by atoms with van der Waals surface area (Å²) in [4.78, 5) is 4.81. The van der Waals surface area contributed by atoms with E-state index in [1.165, 1.54) is 5.70 Å². The number of nitrogens with two attached hydrogens (primary N) is 1. The van der Waals surface area contributed by atoms with Gasteiger partial charge in [0, 0.05) is 44.0 Å².